The molecule has 16 heavy (non-hydrogen) atoms. The molecule has 1 aromatic carbocycles. The van der Waals surface area contributed by atoms with Gasteiger partial charge in [-0.05, 0) is 48.9 Å². The average molecular weight is 237 g/mol. The first-order valence-electron chi connectivity index (χ1n) is 5.31. The fourth-order valence-electron chi connectivity index (χ4n) is 1.69. The minimum atomic E-state index is 0.644. The van der Waals surface area contributed by atoms with Gasteiger partial charge in [-0.3, -0.25) is 0 Å². The van der Waals surface area contributed by atoms with Gasteiger partial charge in [0, 0.05) is 4.90 Å². The molecule has 0 saturated carbocycles. The third kappa shape index (κ3) is 3.03. The maximum absolute atomic E-state index is 5.59. The summed E-state index contributed by atoms with van der Waals surface area (Å²) in [6.45, 7) is 4.42. The summed E-state index contributed by atoms with van der Waals surface area (Å²) in [7, 11) is 1.70. The second-order valence-corrected chi connectivity index (χ2v) is 4.36. The van der Waals surface area contributed by atoms with Crippen LogP contribution in [0.2, 0.25) is 0 Å². The Balaban J connectivity index is 3.16. The molecule has 0 amide bonds. The first-order valence-corrected chi connectivity index (χ1v) is 6.54. The molecule has 0 spiro atoms. The molecule has 0 aromatic heterocycles. The van der Waals surface area contributed by atoms with Crippen molar-refractivity contribution in [3.05, 3.63) is 35.9 Å². The molecule has 2 N–H and O–H groups in total. The summed E-state index contributed by atoms with van der Waals surface area (Å²) in [5.74, 6) is 0.931. The van der Waals surface area contributed by atoms with Gasteiger partial charge in [0.05, 0.1) is 7.11 Å². The van der Waals surface area contributed by atoms with E-state index in [4.69, 9.17) is 10.5 Å². The van der Waals surface area contributed by atoms with E-state index in [1.807, 2.05) is 6.08 Å². The van der Waals surface area contributed by atoms with E-state index in [9.17, 15) is 0 Å². The summed E-state index contributed by atoms with van der Waals surface area (Å²) in [6.07, 6.45) is 5.72. The molecular weight excluding hydrogens is 218 g/mol. The van der Waals surface area contributed by atoms with Crippen molar-refractivity contribution in [2.24, 2.45) is 5.73 Å². The van der Waals surface area contributed by atoms with Crippen molar-refractivity contribution in [1.82, 2.24) is 0 Å². The quantitative estimate of drug-likeness (QED) is 0.610. The largest absolute Gasteiger partial charge is 0.496 e. The highest BCUT2D eigenvalue weighted by molar-refractivity contribution is 7.98. The maximum atomic E-state index is 5.59. The van der Waals surface area contributed by atoms with Gasteiger partial charge in [-0.1, -0.05) is 6.08 Å². The number of rotatable bonds is 6. The van der Waals surface area contributed by atoms with Crippen LogP contribution in [0.25, 0.3) is 0 Å². The topological polar surface area (TPSA) is 35.2 Å². The number of benzene rings is 1. The van der Waals surface area contributed by atoms with Crippen molar-refractivity contribution in [3.8, 4) is 5.75 Å². The Morgan fingerprint density at radius 2 is 2.19 bits per heavy atom. The fourth-order valence-corrected chi connectivity index (χ4v) is 2.35. The lowest BCUT2D eigenvalue weighted by molar-refractivity contribution is 0.409. The van der Waals surface area contributed by atoms with E-state index in [-0.39, 0.29) is 0 Å². The van der Waals surface area contributed by atoms with Gasteiger partial charge in [0.1, 0.15) is 5.75 Å². The molecule has 0 fully saturated rings. The second-order valence-electron chi connectivity index (χ2n) is 3.51. The summed E-state index contributed by atoms with van der Waals surface area (Å²) in [5.41, 5.74) is 8.04. The van der Waals surface area contributed by atoms with Gasteiger partial charge in [-0.25, -0.2) is 0 Å². The monoisotopic (exact) mass is 237 g/mol. The molecule has 0 unspecified atom stereocenters. The molecule has 88 valence electrons. The second kappa shape index (κ2) is 6.61. The van der Waals surface area contributed by atoms with Crippen LogP contribution in [-0.4, -0.2) is 19.9 Å². The Labute approximate surface area is 102 Å². The standard InChI is InChI=1S/C13H19NOS/c1-4-5-11-8-12(15-2)10(6-7-14)9-13(11)16-3/h4,8-9H,1,5-7,14H2,2-3H3. The summed E-state index contributed by atoms with van der Waals surface area (Å²) in [6, 6.07) is 4.27. The van der Waals surface area contributed by atoms with Crippen LogP contribution in [-0.2, 0) is 12.8 Å². The van der Waals surface area contributed by atoms with Crippen LogP contribution < -0.4 is 10.5 Å². The number of hydrogen-bond acceptors (Lipinski definition) is 3. The van der Waals surface area contributed by atoms with Crippen molar-refractivity contribution in [2.75, 3.05) is 19.9 Å². The Kier molecular flexibility index (Phi) is 5.43. The first-order chi connectivity index (χ1) is 7.76. The van der Waals surface area contributed by atoms with E-state index in [1.54, 1.807) is 18.9 Å². The zero-order chi connectivity index (χ0) is 12.0. The number of allylic oxidation sites excluding steroid dienone is 1. The number of methoxy groups -OCH3 is 1. The van der Waals surface area contributed by atoms with Crippen LogP contribution in [0, 0.1) is 0 Å². The normalized spacial score (nSPS) is 10.2. The van der Waals surface area contributed by atoms with Crippen LogP contribution in [0.4, 0.5) is 0 Å². The predicted molar refractivity (Wildman–Crippen MR) is 71.4 cm³/mol. The summed E-state index contributed by atoms with van der Waals surface area (Å²) in [5, 5.41) is 0. The Morgan fingerprint density at radius 1 is 1.44 bits per heavy atom. The molecule has 0 aliphatic heterocycles. The van der Waals surface area contributed by atoms with Crippen LogP contribution in [0.15, 0.2) is 29.7 Å². The van der Waals surface area contributed by atoms with Crippen molar-refractivity contribution in [1.29, 1.82) is 0 Å². The zero-order valence-electron chi connectivity index (χ0n) is 9.95. The third-order valence-electron chi connectivity index (χ3n) is 2.46. The van der Waals surface area contributed by atoms with E-state index in [2.05, 4.69) is 25.0 Å². The van der Waals surface area contributed by atoms with Gasteiger partial charge in [0.25, 0.3) is 0 Å². The van der Waals surface area contributed by atoms with Crippen molar-refractivity contribution < 1.29 is 4.74 Å². The zero-order valence-corrected chi connectivity index (χ0v) is 10.8. The van der Waals surface area contributed by atoms with Crippen LogP contribution in [0.1, 0.15) is 11.1 Å². The molecule has 3 heteroatoms. The van der Waals surface area contributed by atoms with Gasteiger partial charge >= 0.3 is 0 Å². The Hall–Kier alpha value is -0.930. The molecule has 0 saturated heterocycles. The molecule has 1 rings (SSSR count). The van der Waals surface area contributed by atoms with E-state index in [1.165, 1.54) is 16.0 Å². The average Bonchev–Trinajstić information content (AvgIpc) is 2.31. The van der Waals surface area contributed by atoms with Gasteiger partial charge in [0.15, 0.2) is 0 Å². The molecule has 0 bridgehead atoms. The number of thioether (sulfide) groups is 1. The molecule has 0 aliphatic rings. The minimum Gasteiger partial charge on any atom is -0.496 e. The minimum absolute atomic E-state index is 0.644. The van der Waals surface area contributed by atoms with Gasteiger partial charge in [-0.2, -0.15) is 0 Å². The lowest BCUT2D eigenvalue weighted by Crippen LogP contribution is -2.05. The van der Waals surface area contributed by atoms with E-state index >= 15 is 0 Å². The Morgan fingerprint density at radius 3 is 2.69 bits per heavy atom. The van der Waals surface area contributed by atoms with Crippen molar-refractivity contribution in [2.45, 2.75) is 17.7 Å². The molecule has 2 nitrogen and oxygen atoms in total. The Bertz CT molecular complexity index is 363. The van der Waals surface area contributed by atoms with E-state index in [0.29, 0.717) is 6.54 Å². The van der Waals surface area contributed by atoms with E-state index < -0.39 is 0 Å². The highest BCUT2D eigenvalue weighted by Gasteiger charge is 2.08. The molecule has 1 aromatic rings. The molecular formula is C13H19NOS. The van der Waals surface area contributed by atoms with Crippen LogP contribution in [0.3, 0.4) is 0 Å². The van der Waals surface area contributed by atoms with E-state index in [0.717, 1.165) is 18.6 Å². The number of ether oxygens (including phenoxy) is 1. The number of hydrogen-bond donors (Lipinski definition) is 1. The predicted octanol–water partition coefficient (Wildman–Crippen LogP) is 2.65. The lowest BCUT2D eigenvalue weighted by Gasteiger charge is -2.13. The fraction of sp³-hybridized carbons (Fsp3) is 0.385. The SMILES string of the molecule is C=CCc1cc(OC)c(CCN)cc1SC. The summed E-state index contributed by atoms with van der Waals surface area (Å²) < 4.78 is 5.39. The molecule has 0 atom stereocenters. The van der Waals surface area contributed by atoms with Crippen LogP contribution in [0.5, 0.6) is 5.75 Å². The van der Waals surface area contributed by atoms with Gasteiger partial charge in [-0.15, -0.1) is 18.3 Å². The van der Waals surface area contributed by atoms with Crippen molar-refractivity contribution in [3.63, 3.8) is 0 Å². The molecule has 0 radical (unpaired) electrons. The molecule has 0 aliphatic carbocycles. The summed E-state index contributed by atoms with van der Waals surface area (Å²) >= 11 is 1.75. The molecule has 0 heterocycles. The third-order valence-corrected chi connectivity index (χ3v) is 3.28. The number of nitrogens with two attached hydrogens (primary N) is 1. The lowest BCUT2D eigenvalue weighted by atomic mass is 10.1. The smallest absolute Gasteiger partial charge is 0.122 e. The van der Waals surface area contributed by atoms with Crippen LogP contribution >= 0.6 is 11.8 Å². The summed E-state index contributed by atoms with van der Waals surface area (Å²) in [4.78, 5) is 1.28. The first kappa shape index (κ1) is 13.1. The maximum Gasteiger partial charge on any atom is 0.122 e. The van der Waals surface area contributed by atoms with Gasteiger partial charge < -0.3 is 10.5 Å². The van der Waals surface area contributed by atoms with Crippen molar-refractivity contribution >= 4 is 11.8 Å². The van der Waals surface area contributed by atoms with Gasteiger partial charge in [0.2, 0.25) is 0 Å². The highest BCUT2D eigenvalue weighted by atomic mass is 32.2. The highest BCUT2D eigenvalue weighted by Crippen LogP contribution is 2.30.